The van der Waals surface area contributed by atoms with Crippen LogP contribution in [0.1, 0.15) is 6.92 Å². The van der Waals surface area contributed by atoms with Crippen molar-refractivity contribution < 1.29 is 4.79 Å². The van der Waals surface area contributed by atoms with Crippen LogP contribution in [0.3, 0.4) is 0 Å². The smallest absolute Gasteiger partial charge is 0.327 e. The summed E-state index contributed by atoms with van der Waals surface area (Å²) in [6.07, 6.45) is 0. The van der Waals surface area contributed by atoms with E-state index in [2.05, 4.69) is 10.3 Å². The summed E-state index contributed by atoms with van der Waals surface area (Å²) in [5, 5.41) is 0. The van der Waals surface area contributed by atoms with Gasteiger partial charge < -0.3 is 5.73 Å². The highest BCUT2D eigenvalue weighted by Gasteiger charge is 1.84. The Hall–Kier alpha value is -0.420. The Kier molecular flexibility index (Phi) is 4.48. The molecular weight excluding hydrogens is 126 g/mol. The molecule has 0 aliphatic carbocycles. The van der Waals surface area contributed by atoms with E-state index in [4.69, 9.17) is 5.73 Å². The number of hydrogen-bond donors (Lipinski definition) is 3. The van der Waals surface area contributed by atoms with E-state index in [9.17, 15) is 4.79 Å². The van der Waals surface area contributed by atoms with Crippen molar-refractivity contribution in [1.29, 1.82) is 0 Å². The molecule has 0 heterocycles. The number of nitrogens with two attached hydrogens (primary N) is 1. The molecule has 0 unspecified atom stereocenters. The minimum atomic E-state index is -0.564. The Morgan fingerprint density at radius 1 is 1.88 bits per heavy atom. The predicted molar refractivity (Wildman–Crippen MR) is 34.0 cm³/mol. The first-order valence-electron chi connectivity index (χ1n) is 2.19. The summed E-state index contributed by atoms with van der Waals surface area (Å²) in [7, 11) is 0. The molecule has 0 aliphatic rings. The van der Waals surface area contributed by atoms with Crippen LogP contribution in [0.25, 0.3) is 0 Å². The van der Waals surface area contributed by atoms with Crippen molar-refractivity contribution in [1.82, 2.24) is 10.3 Å². The molecule has 5 heteroatoms. The van der Waals surface area contributed by atoms with E-state index >= 15 is 0 Å². The monoisotopic (exact) mass is 135 g/mol. The normalized spacial score (nSPS) is 8.62. The molecule has 0 saturated carbocycles. The fourth-order valence-corrected chi connectivity index (χ4v) is 0.476. The Labute approximate surface area is 52.3 Å². The van der Waals surface area contributed by atoms with Crippen LogP contribution in [-0.4, -0.2) is 11.8 Å². The molecule has 0 aromatic rings. The average molecular weight is 135 g/mol. The zero-order chi connectivity index (χ0) is 6.41. The summed E-state index contributed by atoms with van der Waals surface area (Å²) < 4.78 is 0. The highest BCUT2D eigenvalue weighted by atomic mass is 32.2. The van der Waals surface area contributed by atoms with E-state index in [0.717, 1.165) is 5.75 Å². The third-order valence-electron chi connectivity index (χ3n) is 0.391. The summed E-state index contributed by atoms with van der Waals surface area (Å²) in [6.45, 7) is 1.96. The van der Waals surface area contributed by atoms with Gasteiger partial charge in [0.25, 0.3) is 0 Å². The van der Waals surface area contributed by atoms with Crippen LogP contribution in [0.2, 0.25) is 0 Å². The van der Waals surface area contributed by atoms with Gasteiger partial charge in [0, 0.05) is 5.75 Å². The lowest BCUT2D eigenvalue weighted by molar-refractivity contribution is 0.248. The van der Waals surface area contributed by atoms with Gasteiger partial charge in [0.2, 0.25) is 0 Å². The van der Waals surface area contributed by atoms with Crippen molar-refractivity contribution in [2.75, 3.05) is 5.75 Å². The summed E-state index contributed by atoms with van der Waals surface area (Å²) in [5.74, 6) is 0.889. The number of nitrogens with one attached hydrogen (secondary N) is 2. The molecule has 4 nitrogen and oxygen atoms in total. The standard InChI is InChI=1S/C3H9N3OS/c1-2-8-6-5-3(4)7/h6H,2H2,1H3,(H3,4,5,7). The topological polar surface area (TPSA) is 67.2 Å². The van der Waals surface area contributed by atoms with Crippen molar-refractivity contribution >= 4 is 18.0 Å². The van der Waals surface area contributed by atoms with Crippen molar-refractivity contribution in [3.8, 4) is 0 Å². The molecule has 4 N–H and O–H groups in total. The number of amides is 2. The molecule has 0 atom stereocenters. The van der Waals surface area contributed by atoms with Crippen LogP contribution in [0, 0.1) is 0 Å². The number of carbonyl (C=O) groups is 1. The van der Waals surface area contributed by atoms with E-state index in [-0.39, 0.29) is 0 Å². The van der Waals surface area contributed by atoms with Crippen molar-refractivity contribution in [3.63, 3.8) is 0 Å². The minimum Gasteiger partial charge on any atom is -0.351 e. The van der Waals surface area contributed by atoms with Crippen LogP contribution >= 0.6 is 11.9 Å². The molecule has 0 rings (SSSR count). The molecule has 0 saturated heterocycles. The highest BCUT2D eigenvalue weighted by Crippen LogP contribution is 1.84. The molecule has 8 heavy (non-hydrogen) atoms. The van der Waals surface area contributed by atoms with Gasteiger partial charge in [-0.25, -0.2) is 4.79 Å². The second-order valence-electron chi connectivity index (χ2n) is 1.02. The fourth-order valence-electron chi connectivity index (χ4n) is 0.159. The van der Waals surface area contributed by atoms with Crippen LogP contribution in [0.15, 0.2) is 0 Å². The van der Waals surface area contributed by atoms with Gasteiger partial charge in [0.1, 0.15) is 0 Å². The van der Waals surface area contributed by atoms with Gasteiger partial charge in [-0.05, 0) is 0 Å². The van der Waals surface area contributed by atoms with Crippen LogP contribution in [0.5, 0.6) is 0 Å². The first-order chi connectivity index (χ1) is 3.77. The van der Waals surface area contributed by atoms with Crippen molar-refractivity contribution in [2.45, 2.75) is 6.92 Å². The van der Waals surface area contributed by atoms with Crippen LogP contribution < -0.4 is 16.0 Å². The van der Waals surface area contributed by atoms with E-state index in [0.29, 0.717) is 0 Å². The zero-order valence-corrected chi connectivity index (χ0v) is 5.42. The molecule has 0 spiro atoms. The van der Waals surface area contributed by atoms with Gasteiger partial charge in [-0.15, -0.1) is 0 Å². The molecular formula is C3H9N3OS. The molecule has 0 radical (unpaired) electrons. The predicted octanol–water partition coefficient (Wildman–Crippen LogP) is -0.173. The van der Waals surface area contributed by atoms with E-state index in [1.165, 1.54) is 11.9 Å². The van der Waals surface area contributed by atoms with Crippen molar-refractivity contribution in [3.05, 3.63) is 0 Å². The number of carbonyl (C=O) groups excluding carboxylic acids is 1. The van der Waals surface area contributed by atoms with E-state index in [1.54, 1.807) is 0 Å². The first kappa shape index (κ1) is 7.58. The quantitative estimate of drug-likeness (QED) is 0.286. The van der Waals surface area contributed by atoms with Gasteiger partial charge in [0.05, 0.1) is 0 Å². The summed E-state index contributed by atoms with van der Waals surface area (Å²) >= 11 is 1.37. The lowest BCUT2D eigenvalue weighted by Gasteiger charge is -1.98. The number of hydrazine groups is 1. The zero-order valence-electron chi connectivity index (χ0n) is 4.60. The maximum atomic E-state index is 9.91. The molecule has 0 aromatic heterocycles. The third-order valence-corrected chi connectivity index (χ3v) is 0.926. The highest BCUT2D eigenvalue weighted by molar-refractivity contribution is 7.97. The lowest BCUT2D eigenvalue weighted by atomic mass is 11.0. The Morgan fingerprint density at radius 3 is 2.88 bits per heavy atom. The molecule has 48 valence electrons. The largest absolute Gasteiger partial charge is 0.351 e. The van der Waals surface area contributed by atoms with E-state index in [1.807, 2.05) is 6.92 Å². The van der Waals surface area contributed by atoms with Crippen LogP contribution in [0.4, 0.5) is 4.79 Å². The van der Waals surface area contributed by atoms with Crippen LogP contribution in [-0.2, 0) is 0 Å². The number of primary amides is 1. The maximum Gasteiger partial charge on any atom is 0.327 e. The van der Waals surface area contributed by atoms with Gasteiger partial charge in [0.15, 0.2) is 0 Å². The molecule has 0 bridgehead atoms. The minimum absolute atomic E-state index is 0.564. The van der Waals surface area contributed by atoms with Gasteiger partial charge in [-0.3, -0.25) is 5.43 Å². The summed E-state index contributed by atoms with van der Waals surface area (Å²) in [6, 6.07) is -0.564. The van der Waals surface area contributed by atoms with Gasteiger partial charge in [-0.1, -0.05) is 18.9 Å². The summed E-state index contributed by atoms with van der Waals surface area (Å²) in [5.41, 5.74) is 6.91. The Bertz CT molecular complexity index is 76.9. The molecule has 0 aliphatic heterocycles. The maximum absolute atomic E-state index is 9.91. The molecule has 0 aromatic carbocycles. The SMILES string of the molecule is CCSNNC(N)=O. The first-order valence-corrected chi connectivity index (χ1v) is 3.18. The number of rotatable bonds is 3. The lowest BCUT2D eigenvalue weighted by Crippen LogP contribution is -2.37. The number of hydrogen-bond acceptors (Lipinski definition) is 3. The Morgan fingerprint density at radius 2 is 2.50 bits per heavy atom. The Balaban J connectivity index is 2.82. The molecule has 2 amide bonds. The average Bonchev–Trinajstić information content (AvgIpc) is 1.66. The van der Waals surface area contributed by atoms with Crippen molar-refractivity contribution in [2.24, 2.45) is 5.73 Å². The fraction of sp³-hybridized carbons (Fsp3) is 0.667. The van der Waals surface area contributed by atoms with Gasteiger partial charge in [-0.2, -0.15) is 4.83 Å². The second-order valence-corrected chi connectivity index (χ2v) is 2.09. The summed E-state index contributed by atoms with van der Waals surface area (Å²) in [4.78, 5) is 12.4. The van der Waals surface area contributed by atoms with E-state index < -0.39 is 6.03 Å². The second kappa shape index (κ2) is 4.73. The number of urea groups is 1. The third kappa shape index (κ3) is 5.58. The molecule has 0 fully saturated rings. The van der Waals surface area contributed by atoms with Gasteiger partial charge >= 0.3 is 6.03 Å².